The molecule has 3 rings (SSSR count). The number of nitrogens with zero attached hydrogens (tertiary/aromatic N) is 1. The van der Waals surface area contributed by atoms with Crippen LogP contribution in [-0.4, -0.2) is 35.7 Å². The summed E-state index contributed by atoms with van der Waals surface area (Å²) in [7, 11) is 0. The molecule has 0 saturated carbocycles. The van der Waals surface area contributed by atoms with Crippen LogP contribution in [0.4, 0.5) is 0 Å². The van der Waals surface area contributed by atoms with Gasteiger partial charge in [0.2, 0.25) is 0 Å². The molecule has 3 aliphatic rings. The number of piperidine rings is 1. The first-order valence-electron chi connectivity index (χ1n) is 4.26. The van der Waals surface area contributed by atoms with Gasteiger partial charge in [-0.1, -0.05) is 0 Å². The summed E-state index contributed by atoms with van der Waals surface area (Å²) in [6.45, 7) is 3.57. The maximum atomic E-state index is 9.55. The van der Waals surface area contributed by atoms with Crippen LogP contribution in [0, 0.1) is 5.92 Å². The lowest BCUT2D eigenvalue weighted by Gasteiger charge is -2.27. The zero-order valence-corrected chi connectivity index (χ0v) is 6.29. The van der Waals surface area contributed by atoms with Gasteiger partial charge in [-0.25, -0.2) is 0 Å². The van der Waals surface area contributed by atoms with E-state index in [4.69, 9.17) is 0 Å². The van der Waals surface area contributed by atoms with Gasteiger partial charge in [0.05, 0.1) is 6.10 Å². The van der Waals surface area contributed by atoms with E-state index in [9.17, 15) is 5.11 Å². The molecular weight excluding hydrogens is 126 g/mol. The first-order chi connectivity index (χ1) is 4.86. The Morgan fingerprint density at radius 3 is 2.30 bits per heavy atom. The molecule has 2 nitrogen and oxygen atoms in total. The lowest BCUT2D eigenvalue weighted by Crippen LogP contribution is -2.31. The van der Waals surface area contributed by atoms with E-state index in [2.05, 4.69) is 4.90 Å². The number of aliphatic hydroxyl groups excluding tert-OH is 1. The highest BCUT2D eigenvalue weighted by molar-refractivity contribution is 4.82. The third kappa shape index (κ3) is 1.06. The van der Waals surface area contributed by atoms with E-state index in [-0.39, 0.29) is 6.10 Å². The Bertz CT molecular complexity index is 118. The van der Waals surface area contributed by atoms with Crippen molar-refractivity contribution in [1.82, 2.24) is 4.90 Å². The molecule has 0 spiro atoms. The number of hydrogen-bond acceptors (Lipinski definition) is 2. The molecule has 0 aromatic rings. The second kappa shape index (κ2) is 2.51. The lowest BCUT2D eigenvalue weighted by molar-refractivity contribution is 0.0976. The fourth-order valence-electron chi connectivity index (χ4n) is 2.11. The quantitative estimate of drug-likeness (QED) is 0.530. The van der Waals surface area contributed by atoms with Crippen molar-refractivity contribution in [3.63, 3.8) is 0 Å². The van der Waals surface area contributed by atoms with Crippen LogP contribution in [0.1, 0.15) is 19.3 Å². The molecule has 10 heavy (non-hydrogen) atoms. The highest BCUT2D eigenvalue weighted by atomic mass is 16.3. The predicted octanol–water partition coefficient (Wildman–Crippen LogP) is 0.463. The number of rotatable bonds is 0. The average Bonchev–Trinajstić information content (AvgIpc) is 2.24. The first kappa shape index (κ1) is 6.62. The SMILES string of the molecule is OC1CCN2CCC1CC2. The van der Waals surface area contributed by atoms with Crippen LogP contribution < -0.4 is 0 Å². The van der Waals surface area contributed by atoms with Crippen LogP contribution in [0.15, 0.2) is 0 Å². The van der Waals surface area contributed by atoms with E-state index in [0.29, 0.717) is 5.92 Å². The molecule has 2 bridgehead atoms. The zero-order chi connectivity index (χ0) is 6.97. The van der Waals surface area contributed by atoms with Crippen molar-refractivity contribution in [3.05, 3.63) is 0 Å². The monoisotopic (exact) mass is 141 g/mol. The highest BCUT2D eigenvalue weighted by Crippen LogP contribution is 2.26. The van der Waals surface area contributed by atoms with Crippen LogP contribution in [-0.2, 0) is 0 Å². The van der Waals surface area contributed by atoms with Crippen LogP contribution in [0.3, 0.4) is 0 Å². The van der Waals surface area contributed by atoms with E-state index in [1.807, 2.05) is 0 Å². The molecule has 1 unspecified atom stereocenters. The van der Waals surface area contributed by atoms with E-state index in [0.717, 1.165) is 13.0 Å². The molecule has 0 aromatic heterocycles. The summed E-state index contributed by atoms with van der Waals surface area (Å²) in [6.07, 6.45) is 3.46. The standard InChI is InChI=1S/C8H15NO/c10-8-3-6-9-4-1-7(8)2-5-9/h7-8,10H,1-6H2. The fourth-order valence-corrected chi connectivity index (χ4v) is 2.11. The van der Waals surface area contributed by atoms with Crippen molar-refractivity contribution >= 4 is 0 Å². The first-order valence-corrected chi connectivity index (χ1v) is 4.26. The zero-order valence-electron chi connectivity index (χ0n) is 6.29. The predicted molar refractivity (Wildman–Crippen MR) is 39.8 cm³/mol. The van der Waals surface area contributed by atoms with Crippen molar-refractivity contribution < 1.29 is 5.11 Å². The Hall–Kier alpha value is -0.0800. The molecule has 1 atom stereocenters. The molecule has 58 valence electrons. The van der Waals surface area contributed by atoms with Crippen molar-refractivity contribution in [2.45, 2.75) is 25.4 Å². The Labute approximate surface area is 61.8 Å². The third-order valence-corrected chi connectivity index (χ3v) is 2.92. The van der Waals surface area contributed by atoms with Gasteiger partial charge in [-0.2, -0.15) is 0 Å². The van der Waals surface area contributed by atoms with Gasteiger partial charge in [0, 0.05) is 6.54 Å². The topological polar surface area (TPSA) is 23.5 Å². The minimum atomic E-state index is 0.00694. The largest absolute Gasteiger partial charge is 0.393 e. The fraction of sp³-hybridized carbons (Fsp3) is 1.00. The Kier molecular flexibility index (Phi) is 1.66. The summed E-state index contributed by atoms with van der Waals surface area (Å²) in [6, 6.07) is 0. The second-order valence-electron chi connectivity index (χ2n) is 3.54. The molecule has 0 aromatic carbocycles. The highest BCUT2D eigenvalue weighted by Gasteiger charge is 2.29. The molecule has 3 fully saturated rings. The maximum Gasteiger partial charge on any atom is 0.0581 e. The minimum Gasteiger partial charge on any atom is -0.393 e. The van der Waals surface area contributed by atoms with Gasteiger partial charge in [0.1, 0.15) is 0 Å². The molecule has 0 radical (unpaired) electrons. The van der Waals surface area contributed by atoms with Crippen LogP contribution >= 0.6 is 0 Å². The summed E-state index contributed by atoms with van der Waals surface area (Å²) in [5.41, 5.74) is 0. The van der Waals surface area contributed by atoms with Gasteiger partial charge in [0.15, 0.2) is 0 Å². The van der Waals surface area contributed by atoms with E-state index in [1.54, 1.807) is 0 Å². The number of hydrogen-bond donors (Lipinski definition) is 1. The van der Waals surface area contributed by atoms with Crippen LogP contribution in [0.5, 0.6) is 0 Å². The Morgan fingerprint density at radius 2 is 1.60 bits per heavy atom. The Balaban J connectivity index is 2.07. The average molecular weight is 141 g/mol. The van der Waals surface area contributed by atoms with Crippen molar-refractivity contribution in [1.29, 1.82) is 0 Å². The summed E-state index contributed by atoms with van der Waals surface area (Å²) in [5, 5.41) is 9.55. The van der Waals surface area contributed by atoms with E-state index < -0.39 is 0 Å². The molecule has 3 saturated heterocycles. The van der Waals surface area contributed by atoms with Gasteiger partial charge in [-0.3, -0.25) is 0 Å². The summed E-state index contributed by atoms with van der Waals surface area (Å²) < 4.78 is 0. The van der Waals surface area contributed by atoms with Gasteiger partial charge in [-0.05, 0) is 38.3 Å². The second-order valence-corrected chi connectivity index (χ2v) is 3.54. The molecular formula is C8H15NO. The summed E-state index contributed by atoms with van der Waals surface area (Å²) in [4.78, 5) is 2.46. The maximum absolute atomic E-state index is 9.55. The van der Waals surface area contributed by atoms with Crippen LogP contribution in [0.2, 0.25) is 0 Å². The van der Waals surface area contributed by atoms with Gasteiger partial charge >= 0.3 is 0 Å². The van der Waals surface area contributed by atoms with Crippen molar-refractivity contribution in [2.75, 3.05) is 19.6 Å². The van der Waals surface area contributed by atoms with Crippen LogP contribution in [0.25, 0.3) is 0 Å². The molecule has 3 aliphatic heterocycles. The smallest absolute Gasteiger partial charge is 0.0581 e. The summed E-state index contributed by atoms with van der Waals surface area (Å²) >= 11 is 0. The van der Waals surface area contributed by atoms with Gasteiger partial charge in [-0.15, -0.1) is 0 Å². The molecule has 3 heterocycles. The summed E-state index contributed by atoms with van der Waals surface area (Å²) in [5.74, 6) is 0.624. The van der Waals surface area contributed by atoms with Gasteiger partial charge in [0.25, 0.3) is 0 Å². The van der Waals surface area contributed by atoms with Crippen molar-refractivity contribution in [3.8, 4) is 0 Å². The van der Waals surface area contributed by atoms with E-state index >= 15 is 0 Å². The number of aliphatic hydroxyl groups is 1. The molecule has 0 amide bonds. The third-order valence-electron chi connectivity index (χ3n) is 2.92. The molecule has 2 heteroatoms. The normalized spacial score (nSPS) is 47.1. The Morgan fingerprint density at radius 1 is 1.00 bits per heavy atom. The number of fused-ring (bicyclic) bond motifs is 4. The lowest BCUT2D eigenvalue weighted by atomic mass is 9.93. The molecule has 0 aliphatic carbocycles. The molecule has 1 N–H and O–H groups in total. The minimum absolute atomic E-state index is 0.00694. The van der Waals surface area contributed by atoms with Crippen molar-refractivity contribution in [2.24, 2.45) is 5.92 Å². The van der Waals surface area contributed by atoms with E-state index in [1.165, 1.54) is 25.9 Å². The van der Waals surface area contributed by atoms with Gasteiger partial charge < -0.3 is 10.0 Å².